The summed E-state index contributed by atoms with van der Waals surface area (Å²) in [6.45, 7) is 0. The molecule has 25 heavy (non-hydrogen) atoms. The van der Waals surface area contributed by atoms with Crippen LogP contribution < -0.4 is 14.8 Å². The molecule has 3 aromatic rings. The fourth-order valence-electron chi connectivity index (χ4n) is 2.09. The van der Waals surface area contributed by atoms with Crippen molar-refractivity contribution in [1.29, 1.82) is 0 Å². The van der Waals surface area contributed by atoms with E-state index in [1.54, 1.807) is 18.2 Å². The molecule has 0 bridgehead atoms. The second-order valence-corrected chi connectivity index (χ2v) is 4.97. The first-order valence-electron chi connectivity index (χ1n) is 7.23. The monoisotopic (exact) mass is 343 g/mol. The normalized spacial score (nSPS) is 10.4. The molecule has 0 saturated carbocycles. The maximum atomic E-state index is 12.9. The van der Waals surface area contributed by atoms with E-state index in [0.717, 1.165) is 0 Å². The molecular formula is C17H14FN3O4. The van der Waals surface area contributed by atoms with E-state index in [1.807, 2.05) is 0 Å². The van der Waals surface area contributed by atoms with E-state index in [4.69, 9.17) is 13.9 Å². The number of anilines is 1. The molecule has 0 radical (unpaired) electrons. The highest BCUT2D eigenvalue weighted by Gasteiger charge is 2.14. The third-order valence-electron chi connectivity index (χ3n) is 3.35. The van der Waals surface area contributed by atoms with Gasteiger partial charge in [-0.3, -0.25) is 10.1 Å². The highest BCUT2D eigenvalue weighted by Crippen LogP contribution is 2.29. The number of rotatable bonds is 5. The van der Waals surface area contributed by atoms with E-state index in [-0.39, 0.29) is 17.5 Å². The number of ether oxygens (including phenoxy) is 2. The van der Waals surface area contributed by atoms with Gasteiger partial charge in [-0.2, -0.15) is 0 Å². The van der Waals surface area contributed by atoms with Gasteiger partial charge in [0, 0.05) is 17.2 Å². The van der Waals surface area contributed by atoms with Crippen molar-refractivity contribution in [3.8, 4) is 23.0 Å². The van der Waals surface area contributed by atoms with Crippen LogP contribution in [0.15, 0.2) is 46.9 Å². The minimum absolute atomic E-state index is 0.0777. The van der Waals surface area contributed by atoms with Gasteiger partial charge in [-0.15, -0.1) is 5.10 Å². The number of nitrogens with one attached hydrogen (secondary N) is 1. The van der Waals surface area contributed by atoms with E-state index in [9.17, 15) is 9.18 Å². The van der Waals surface area contributed by atoms with Crippen LogP contribution in [-0.2, 0) is 0 Å². The third kappa shape index (κ3) is 3.74. The Kier molecular flexibility index (Phi) is 4.60. The lowest BCUT2D eigenvalue weighted by Gasteiger charge is -2.05. The van der Waals surface area contributed by atoms with E-state index in [2.05, 4.69) is 15.5 Å². The summed E-state index contributed by atoms with van der Waals surface area (Å²) in [6, 6.07) is 10.1. The maximum absolute atomic E-state index is 12.9. The molecule has 3 rings (SSSR count). The Hall–Kier alpha value is -3.42. The highest BCUT2D eigenvalue weighted by atomic mass is 19.1. The molecule has 0 unspecified atom stereocenters. The summed E-state index contributed by atoms with van der Waals surface area (Å²) in [7, 11) is 3.06. The lowest BCUT2D eigenvalue weighted by Crippen LogP contribution is -2.12. The zero-order chi connectivity index (χ0) is 17.8. The second-order valence-electron chi connectivity index (χ2n) is 4.97. The van der Waals surface area contributed by atoms with Crippen molar-refractivity contribution in [2.45, 2.75) is 0 Å². The number of nitrogens with zero attached hydrogens (tertiary/aromatic N) is 2. The third-order valence-corrected chi connectivity index (χ3v) is 3.35. The van der Waals surface area contributed by atoms with Gasteiger partial charge >= 0.3 is 6.01 Å². The quantitative estimate of drug-likeness (QED) is 0.766. The molecule has 1 aromatic heterocycles. The van der Waals surface area contributed by atoms with Crippen molar-refractivity contribution in [2.24, 2.45) is 0 Å². The SMILES string of the molecule is COc1cc(OC)cc(-c2nnc(NC(=O)c3ccc(F)cc3)o2)c1. The van der Waals surface area contributed by atoms with Crippen molar-refractivity contribution in [1.82, 2.24) is 10.2 Å². The molecule has 0 spiro atoms. The predicted octanol–water partition coefficient (Wildman–Crippen LogP) is 3.15. The van der Waals surface area contributed by atoms with Crippen molar-refractivity contribution < 1.29 is 23.1 Å². The molecule has 0 aliphatic carbocycles. The highest BCUT2D eigenvalue weighted by molar-refractivity contribution is 6.03. The fourth-order valence-corrected chi connectivity index (χ4v) is 2.09. The number of amides is 1. The maximum Gasteiger partial charge on any atom is 0.322 e. The first kappa shape index (κ1) is 16.4. The lowest BCUT2D eigenvalue weighted by atomic mass is 10.2. The van der Waals surface area contributed by atoms with Crippen LogP contribution in [0.5, 0.6) is 11.5 Å². The predicted molar refractivity (Wildman–Crippen MR) is 87.2 cm³/mol. The van der Waals surface area contributed by atoms with Crippen molar-refractivity contribution in [3.05, 3.63) is 53.8 Å². The summed E-state index contributed by atoms with van der Waals surface area (Å²) in [6.07, 6.45) is 0. The molecule has 1 N–H and O–H groups in total. The average Bonchev–Trinajstić information content (AvgIpc) is 3.10. The van der Waals surface area contributed by atoms with Gasteiger partial charge in [-0.05, 0) is 36.4 Å². The Morgan fingerprint density at radius 3 is 2.28 bits per heavy atom. The Morgan fingerprint density at radius 1 is 1.04 bits per heavy atom. The molecule has 0 atom stereocenters. The second kappa shape index (κ2) is 7.00. The summed E-state index contributed by atoms with van der Waals surface area (Å²) in [5, 5.41) is 10.1. The molecule has 7 nitrogen and oxygen atoms in total. The van der Waals surface area contributed by atoms with Gasteiger partial charge in [0.1, 0.15) is 17.3 Å². The van der Waals surface area contributed by atoms with Crippen LogP contribution in [-0.4, -0.2) is 30.3 Å². The molecule has 1 amide bonds. The Bertz CT molecular complexity index is 871. The zero-order valence-corrected chi connectivity index (χ0v) is 13.4. The molecule has 0 aliphatic heterocycles. The van der Waals surface area contributed by atoms with Crippen LogP contribution in [0.2, 0.25) is 0 Å². The van der Waals surface area contributed by atoms with Crippen LogP contribution in [0.1, 0.15) is 10.4 Å². The van der Waals surface area contributed by atoms with Crippen LogP contribution in [0.4, 0.5) is 10.4 Å². The van der Waals surface area contributed by atoms with Gasteiger partial charge in [0.2, 0.25) is 5.89 Å². The molecule has 8 heteroatoms. The van der Waals surface area contributed by atoms with Gasteiger partial charge in [0.25, 0.3) is 5.91 Å². The first-order valence-corrected chi connectivity index (χ1v) is 7.23. The summed E-state index contributed by atoms with van der Waals surface area (Å²) >= 11 is 0. The molecule has 1 heterocycles. The zero-order valence-electron chi connectivity index (χ0n) is 13.4. The average molecular weight is 343 g/mol. The minimum atomic E-state index is -0.488. The largest absolute Gasteiger partial charge is 0.497 e. The van der Waals surface area contributed by atoms with E-state index in [1.165, 1.54) is 38.5 Å². The minimum Gasteiger partial charge on any atom is -0.497 e. The number of methoxy groups -OCH3 is 2. The number of carbonyl (C=O) groups excluding carboxylic acids is 1. The van der Waals surface area contributed by atoms with Crippen LogP contribution in [0.25, 0.3) is 11.5 Å². The topological polar surface area (TPSA) is 86.5 Å². The van der Waals surface area contributed by atoms with Crippen LogP contribution in [0, 0.1) is 5.82 Å². The standard InChI is InChI=1S/C17H14FN3O4/c1-23-13-7-11(8-14(9-13)24-2)16-20-21-17(25-16)19-15(22)10-3-5-12(18)6-4-10/h3-9H,1-2H3,(H,19,21,22). The number of benzene rings is 2. The summed E-state index contributed by atoms with van der Waals surface area (Å²) in [4.78, 5) is 12.1. The summed E-state index contributed by atoms with van der Waals surface area (Å²) < 4.78 is 28.7. The van der Waals surface area contributed by atoms with Crippen molar-refractivity contribution in [3.63, 3.8) is 0 Å². The van der Waals surface area contributed by atoms with E-state index >= 15 is 0 Å². The molecule has 0 aliphatic rings. The fraction of sp³-hybridized carbons (Fsp3) is 0.118. The van der Waals surface area contributed by atoms with Gasteiger partial charge in [0.15, 0.2) is 0 Å². The lowest BCUT2D eigenvalue weighted by molar-refractivity contribution is 0.102. The van der Waals surface area contributed by atoms with Crippen LogP contribution >= 0.6 is 0 Å². The van der Waals surface area contributed by atoms with Gasteiger partial charge in [-0.25, -0.2) is 4.39 Å². The smallest absolute Gasteiger partial charge is 0.322 e. The number of hydrogen-bond donors (Lipinski definition) is 1. The van der Waals surface area contributed by atoms with Crippen molar-refractivity contribution >= 4 is 11.9 Å². The van der Waals surface area contributed by atoms with Crippen LogP contribution in [0.3, 0.4) is 0 Å². The van der Waals surface area contributed by atoms with Crippen molar-refractivity contribution in [2.75, 3.05) is 19.5 Å². The first-order chi connectivity index (χ1) is 12.1. The Labute approximate surface area is 142 Å². The van der Waals surface area contributed by atoms with Gasteiger partial charge in [0.05, 0.1) is 14.2 Å². The van der Waals surface area contributed by atoms with E-state index < -0.39 is 11.7 Å². The number of aromatic nitrogens is 2. The number of carbonyl (C=O) groups is 1. The molecule has 0 fully saturated rings. The molecular weight excluding hydrogens is 329 g/mol. The molecule has 2 aromatic carbocycles. The number of halogens is 1. The molecule has 0 saturated heterocycles. The number of hydrogen-bond acceptors (Lipinski definition) is 6. The van der Waals surface area contributed by atoms with E-state index in [0.29, 0.717) is 17.1 Å². The summed E-state index contributed by atoms with van der Waals surface area (Å²) in [5.74, 6) is 0.391. The Balaban J connectivity index is 1.80. The molecule has 128 valence electrons. The Morgan fingerprint density at radius 2 is 1.68 bits per heavy atom. The van der Waals surface area contributed by atoms with Gasteiger partial charge < -0.3 is 13.9 Å². The summed E-state index contributed by atoms with van der Waals surface area (Å²) in [5.41, 5.74) is 0.843. The van der Waals surface area contributed by atoms with Gasteiger partial charge in [-0.1, -0.05) is 5.10 Å².